The highest BCUT2D eigenvalue weighted by Crippen LogP contribution is 2.32. The van der Waals surface area contributed by atoms with E-state index in [1.165, 1.54) is 22.4 Å². The number of rotatable bonds is 9. The van der Waals surface area contributed by atoms with Crippen molar-refractivity contribution in [3.8, 4) is 0 Å². The van der Waals surface area contributed by atoms with Crippen molar-refractivity contribution < 1.29 is 9.53 Å². The zero-order chi connectivity index (χ0) is 17.3. The van der Waals surface area contributed by atoms with Crippen LogP contribution in [0.2, 0.25) is 0 Å². The molecule has 0 saturated carbocycles. The van der Waals surface area contributed by atoms with Crippen molar-refractivity contribution in [3.05, 3.63) is 57.8 Å². The van der Waals surface area contributed by atoms with Crippen molar-refractivity contribution in [2.75, 3.05) is 13.2 Å². The molecule has 2 aromatic rings. The van der Waals surface area contributed by atoms with E-state index in [1.807, 2.05) is 0 Å². The number of ether oxygens (including phenoxy) is 1. The Morgan fingerprint density at radius 2 is 2.12 bits per heavy atom. The zero-order valence-corrected chi connectivity index (χ0v) is 15.5. The Balaban J connectivity index is 1.27. The molecular formula is C21H27NO2S. The molecule has 1 unspecified atom stereocenters. The lowest BCUT2D eigenvalue weighted by molar-refractivity contribution is -0.121. The van der Waals surface area contributed by atoms with E-state index >= 15 is 0 Å². The Morgan fingerprint density at radius 3 is 3.00 bits per heavy atom. The molecule has 1 aromatic heterocycles. The van der Waals surface area contributed by atoms with E-state index in [1.54, 1.807) is 11.3 Å². The molecule has 3 rings (SSSR count). The third-order valence-corrected chi connectivity index (χ3v) is 5.62. The minimum atomic E-state index is 0.152. The summed E-state index contributed by atoms with van der Waals surface area (Å²) in [6.45, 7) is 1.40. The van der Waals surface area contributed by atoms with Gasteiger partial charge in [0, 0.05) is 24.4 Å². The number of hydrogen-bond donors (Lipinski definition) is 1. The first-order valence-corrected chi connectivity index (χ1v) is 10.2. The SMILES string of the molecule is O=C(CCCc1cccs1)NCCCOC1CCCc2ccccc21. The summed E-state index contributed by atoms with van der Waals surface area (Å²) < 4.78 is 6.07. The second-order valence-corrected chi connectivity index (χ2v) is 7.62. The van der Waals surface area contributed by atoms with Crippen LogP contribution >= 0.6 is 11.3 Å². The molecule has 25 heavy (non-hydrogen) atoms. The third kappa shape index (κ3) is 5.68. The zero-order valence-electron chi connectivity index (χ0n) is 14.7. The van der Waals surface area contributed by atoms with E-state index in [2.05, 4.69) is 47.1 Å². The number of amides is 1. The predicted octanol–water partition coefficient (Wildman–Crippen LogP) is 4.67. The van der Waals surface area contributed by atoms with Gasteiger partial charge in [0.1, 0.15) is 0 Å². The Bertz CT molecular complexity index is 654. The average Bonchev–Trinajstić information content (AvgIpc) is 3.15. The van der Waals surface area contributed by atoms with Gasteiger partial charge < -0.3 is 10.1 Å². The summed E-state index contributed by atoms with van der Waals surface area (Å²) in [5, 5.41) is 5.09. The van der Waals surface area contributed by atoms with Gasteiger partial charge in [-0.25, -0.2) is 0 Å². The first-order chi connectivity index (χ1) is 12.3. The van der Waals surface area contributed by atoms with Gasteiger partial charge in [-0.05, 0) is 61.1 Å². The fourth-order valence-corrected chi connectivity index (χ4v) is 4.13. The fraction of sp³-hybridized carbons (Fsp3) is 0.476. The molecular weight excluding hydrogens is 330 g/mol. The molecule has 1 amide bonds. The van der Waals surface area contributed by atoms with Crippen LogP contribution in [-0.4, -0.2) is 19.1 Å². The molecule has 0 bridgehead atoms. The van der Waals surface area contributed by atoms with Crippen LogP contribution < -0.4 is 5.32 Å². The van der Waals surface area contributed by atoms with Gasteiger partial charge in [0.15, 0.2) is 0 Å². The van der Waals surface area contributed by atoms with E-state index in [0.29, 0.717) is 19.6 Å². The highest BCUT2D eigenvalue weighted by atomic mass is 32.1. The molecule has 0 saturated heterocycles. The molecule has 1 atom stereocenters. The average molecular weight is 358 g/mol. The summed E-state index contributed by atoms with van der Waals surface area (Å²) in [4.78, 5) is 13.2. The number of carbonyl (C=O) groups is 1. The summed E-state index contributed by atoms with van der Waals surface area (Å²) in [6.07, 6.45) is 7.08. The van der Waals surface area contributed by atoms with Crippen molar-refractivity contribution in [1.29, 1.82) is 0 Å². The van der Waals surface area contributed by atoms with Gasteiger partial charge in [0.2, 0.25) is 5.91 Å². The van der Waals surface area contributed by atoms with Crippen LogP contribution in [0, 0.1) is 0 Å². The van der Waals surface area contributed by atoms with Crippen molar-refractivity contribution in [2.24, 2.45) is 0 Å². The van der Waals surface area contributed by atoms with Gasteiger partial charge in [-0.2, -0.15) is 0 Å². The fourth-order valence-electron chi connectivity index (χ4n) is 3.37. The van der Waals surface area contributed by atoms with Gasteiger partial charge in [-0.3, -0.25) is 4.79 Å². The first-order valence-electron chi connectivity index (χ1n) is 9.31. The van der Waals surface area contributed by atoms with Crippen LogP contribution in [0.5, 0.6) is 0 Å². The maximum atomic E-state index is 11.9. The van der Waals surface area contributed by atoms with Crippen LogP contribution in [0.25, 0.3) is 0 Å². The van der Waals surface area contributed by atoms with Gasteiger partial charge in [0.05, 0.1) is 6.10 Å². The van der Waals surface area contributed by atoms with Crippen LogP contribution in [-0.2, 0) is 22.4 Å². The van der Waals surface area contributed by atoms with Crippen molar-refractivity contribution >= 4 is 17.2 Å². The van der Waals surface area contributed by atoms with E-state index in [9.17, 15) is 4.79 Å². The number of carbonyl (C=O) groups excluding carboxylic acids is 1. The normalized spacial score (nSPS) is 16.4. The first kappa shape index (κ1) is 18.2. The minimum Gasteiger partial charge on any atom is -0.373 e. The molecule has 0 radical (unpaired) electrons. The Kier molecular flexibility index (Phi) is 7.07. The van der Waals surface area contributed by atoms with E-state index < -0.39 is 0 Å². The lowest BCUT2D eigenvalue weighted by Crippen LogP contribution is -2.25. The maximum Gasteiger partial charge on any atom is 0.220 e. The number of aryl methyl sites for hydroxylation is 2. The second kappa shape index (κ2) is 9.73. The molecule has 0 aliphatic heterocycles. The number of thiophene rings is 1. The van der Waals surface area contributed by atoms with E-state index in [-0.39, 0.29) is 12.0 Å². The summed E-state index contributed by atoms with van der Waals surface area (Å²) in [5.74, 6) is 0.152. The van der Waals surface area contributed by atoms with E-state index in [4.69, 9.17) is 4.74 Å². The minimum absolute atomic E-state index is 0.152. The number of benzene rings is 1. The quantitative estimate of drug-likeness (QED) is 0.662. The molecule has 1 heterocycles. The van der Waals surface area contributed by atoms with Gasteiger partial charge >= 0.3 is 0 Å². The van der Waals surface area contributed by atoms with Crippen molar-refractivity contribution in [3.63, 3.8) is 0 Å². The molecule has 3 nitrogen and oxygen atoms in total. The molecule has 1 aromatic carbocycles. The lowest BCUT2D eigenvalue weighted by Gasteiger charge is -2.25. The molecule has 1 aliphatic carbocycles. The molecule has 0 fully saturated rings. The number of fused-ring (bicyclic) bond motifs is 1. The number of nitrogens with one attached hydrogen (secondary N) is 1. The smallest absolute Gasteiger partial charge is 0.220 e. The monoisotopic (exact) mass is 357 g/mol. The highest BCUT2D eigenvalue weighted by Gasteiger charge is 2.19. The van der Waals surface area contributed by atoms with Gasteiger partial charge in [-0.15, -0.1) is 11.3 Å². The second-order valence-electron chi connectivity index (χ2n) is 6.59. The third-order valence-electron chi connectivity index (χ3n) is 4.68. The highest BCUT2D eigenvalue weighted by molar-refractivity contribution is 7.09. The van der Waals surface area contributed by atoms with Gasteiger partial charge in [-0.1, -0.05) is 30.3 Å². The summed E-state index contributed by atoms with van der Waals surface area (Å²) in [6, 6.07) is 12.8. The summed E-state index contributed by atoms with van der Waals surface area (Å²) in [5.41, 5.74) is 2.78. The molecule has 134 valence electrons. The molecule has 4 heteroatoms. The number of hydrogen-bond acceptors (Lipinski definition) is 3. The molecule has 1 aliphatic rings. The molecule has 1 N–H and O–H groups in total. The van der Waals surface area contributed by atoms with Crippen LogP contribution in [0.1, 0.15) is 54.2 Å². The molecule has 0 spiro atoms. The largest absolute Gasteiger partial charge is 0.373 e. The Hall–Kier alpha value is -1.65. The lowest BCUT2D eigenvalue weighted by atomic mass is 9.89. The van der Waals surface area contributed by atoms with E-state index in [0.717, 1.165) is 32.1 Å². The van der Waals surface area contributed by atoms with Gasteiger partial charge in [0.25, 0.3) is 0 Å². The predicted molar refractivity (Wildman–Crippen MR) is 103 cm³/mol. The van der Waals surface area contributed by atoms with Crippen LogP contribution in [0.3, 0.4) is 0 Å². The Labute approximate surface area is 154 Å². The standard InChI is InChI=1S/C21H27NO2S/c23-21(13-4-9-18-10-5-16-25-18)22-14-6-15-24-20-12-3-8-17-7-1-2-11-19(17)20/h1-2,5,7,10-11,16,20H,3-4,6,8-9,12-15H2,(H,22,23). The van der Waals surface area contributed by atoms with Crippen LogP contribution in [0.4, 0.5) is 0 Å². The Morgan fingerprint density at radius 1 is 1.20 bits per heavy atom. The van der Waals surface area contributed by atoms with Crippen molar-refractivity contribution in [2.45, 2.75) is 51.0 Å². The summed E-state index contributed by atoms with van der Waals surface area (Å²) >= 11 is 1.76. The maximum absolute atomic E-state index is 11.9. The topological polar surface area (TPSA) is 38.3 Å². The summed E-state index contributed by atoms with van der Waals surface area (Å²) in [7, 11) is 0. The van der Waals surface area contributed by atoms with Crippen molar-refractivity contribution in [1.82, 2.24) is 5.32 Å². The van der Waals surface area contributed by atoms with Crippen LogP contribution in [0.15, 0.2) is 41.8 Å².